The van der Waals surface area contributed by atoms with Gasteiger partial charge < -0.3 is 14.8 Å². The second kappa shape index (κ2) is 11.4. The Labute approximate surface area is 211 Å². The number of imide groups is 1. The monoisotopic (exact) mass is 530 g/mol. The van der Waals surface area contributed by atoms with Crippen LogP contribution in [0.4, 0.5) is 10.7 Å². The van der Waals surface area contributed by atoms with Gasteiger partial charge in [0.25, 0.3) is 11.1 Å². The molecule has 1 saturated heterocycles. The fourth-order valence-electron chi connectivity index (χ4n) is 3.22. The van der Waals surface area contributed by atoms with Gasteiger partial charge in [-0.3, -0.25) is 19.9 Å². The molecule has 0 aliphatic carbocycles. The number of anilines is 1. The van der Waals surface area contributed by atoms with Crippen LogP contribution in [0.5, 0.6) is 5.88 Å². The van der Waals surface area contributed by atoms with Crippen LogP contribution in [-0.4, -0.2) is 67.9 Å². The first-order valence-electron chi connectivity index (χ1n) is 10.7. The molecule has 0 atom stereocenters. The van der Waals surface area contributed by atoms with Crippen molar-refractivity contribution in [2.75, 3.05) is 38.7 Å². The predicted octanol–water partition coefficient (Wildman–Crippen LogP) is 1.76. The van der Waals surface area contributed by atoms with Crippen LogP contribution in [0.1, 0.15) is 5.69 Å². The first-order valence-corrected chi connectivity index (χ1v) is 13.0. The second-order valence-corrected chi connectivity index (χ2v) is 10.1. The number of fused-ring (bicyclic) bond motifs is 1. The molecule has 1 fully saturated rings. The number of benzene rings is 1. The van der Waals surface area contributed by atoms with E-state index < -0.39 is 21.2 Å². The predicted molar refractivity (Wildman–Crippen MR) is 134 cm³/mol. The lowest BCUT2D eigenvalue weighted by molar-refractivity contribution is -0.115. The largest absolute Gasteiger partial charge is 0.475 e. The van der Waals surface area contributed by atoms with Crippen LogP contribution in [-0.2, 0) is 19.6 Å². The van der Waals surface area contributed by atoms with Gasteiger partial charge in [0.15, 0.2) is 0 Å². The van der Waals surface area contributed by atoms with Crippen molar-refractivity contribution in [1.82, 2.24) is 25.0 Å². The van der Waals surface area contributed by atoms with Crippen molar-refractivity contribution in [3.8, 4) is 5.88 Å². The summed E-state index contributed by atoms with van der Waals surface area (Å²) in [7, 11) is -2.25. The van der Waals surface area contributed by atoms with Gasteiger partial charge in [-0.05, 0) is 30.0 Å². The number of amides is 2. The second-order valence-electron chi connectivity index (χ2n) is 7.33. The average Bonchev–Trinajstić information content (AvgIpc) is 3.17. The lowest BCUT2D eigenvalue weighted by atomic mass is 10.2. The lowest BCUT2D eigenvalue weighted by Crippen LogP contribution is -2.29. The third-order valence-electron chi connectivity index (χ3n) is 4.81. The Balaban J connectivity index is 1.45. The molecule has 0 unspecified atom stereocenters. The summed E-state index contributed by atoms with van der Waals surface area (Å²) in [4.78, 5) is 36.3. The minimum atomic E-state index is -3.79. The SMILES string of the molecule is COCCOc1cc(/C=C2/SC(=O)NC2=O)nc(NCCNS(=O)(=O)c2cccc3cnccc23)n1. The summed E-state index contributed by atoms with van der Waals surface area (Å²) < 4.78 is 38.8. The summed E-state index contributed by atoms with van der Waals surface area (Å²) in [6.45, 7) is 0.779. The fraction of sp³-hybridized carbons (Fsp3) is 0.227. The third-order valence-corrected chi connectivity index (χ3v) is 7.14. The van der Waals surface area contributed by atoms with Crippen molar-refractivity contribution >= 4 is 55.7 Å². The number of methoxy groups -OCH3 is 1. The molecule has 1 aliphatic rings. The summed E-state index contributed by atoms with van der Waals surface area (Å²) in [6.07, 6.45) is 4.59. The fourth-order valence-corrected chi connectivity index (χ4v) is 5.15. The van der Waals surface area contributed by atoms with E-state index >= 15 is 0 Å². The molecule has 14 heteroatoms. The summed E-state index contributed by atoms with van der Waals surface area (Å²) in [5, 5.41) is 5.95. The molecule has 0 radical (unpaired) electrons. The third kappa shape index (κ3) is 6.34. The molecule has 3 N–H and O–H groups in total. The smallest absolute Gasteiger partial charge is 0.290 e. The van der Waals surface area contributed by atoms with Crippen molar-refractivity contribution < 1.29 is 27.5 Å². The number of pyridine rings is 1. The molecule has 36 heavy (non-hydrogen) atoms. The molecule has 0 saturated carbocycles. The zero-order valence-corrected chi connectivity index (χ0v) is 20.7. The van der Waals surface area contributed by atoms with Crippen molar-refractivity contribution in [3.05, 3.63) is 53.3 Å². The normalized spacial score (nSPS) is 14.9. The van der Waals surface area contributed by atoms with Crippen LogP contribution >= 0.6 is 11.8 Å². The highest BCUT2D eigenvalue weighted by atomic mass is 32.2. The van der Waals surface area contributed by atoms with Gasteiger partial charge in [-0.15, -0.1) is 0 Å². The zero-order chi connectivity index (χ0) is 25.5. The Bertz CT molecular complexity index is 1420. The molecular formula is C22H22N6O6S2. The van der Waals surface area contributed by atoms with E-state index in [0.717, 1.165) is 17.1 Å². The van der Waals surface area contributed by atoms with Crippen LogP contribution in [0, 0.1) is 0 Å². The van der Waals surface area contributed by atoms with Crippen LogP contribution in [0.2, 0.25) is 0 Å². The first-order chi connectivity index (χ1) is 17.4. The molecule has 3 heterocycles. The van der Waals surface area contributed by atoms with Gasteiger partial charge in [0, 0.05) is 49.4 Å². The van der Waals surface area contributed by atoms with Gasteiger partial charge in [0.05, 0.1) is 22.1 Å². The molecule has 4 rings (SSSR count). The highest BCUT2D eigenvalue weighted by molar-refractivity contribution is 8.18. The van der Waals surface area contributed by atoms with E-state index in [1.807, 2.05) is 0 Å². The van der Waals surface area contributed by atoms with Gasteiger partial charge in [-0.1, -0.05) is 12.1 Å². The Hall–Kier alpha value is -3.59. The topological polar surface area (TPSA) is 162 Å². The maximum Gasteiger partial charge on any atom is 0.290 e. The number of ether oxygens (including phenoxy) is 2. The van der Waals surface area contributed by atoms with E-state index in [9.17, 15) is 18.0 Å². The van der Waals surface area contributed by atoms with Gasteiger partial charge in [-0.2, -0.15) is 4.98 Å². The number of carbonyl (C=O) groups is 2. The quantitative estimate of drug-likeness (QED) is 0.245. The molecule has 2 aromatic heterocycles. The van der Waals surface area contributed by atoms with E-state index in [0.29, 0.717) is 17.7 Å². The van der Waals surface area contributed by atoms with Gasteiger partial charge in [0.2, 0.25) is 21.9 Å². The van der Waals surface area contributed by atoms with Crippen LogP contribution in [0.3, 0.4) is 0 Å². The molecule has 0 bridgehead atoms. The molecule has 0 spiro atoms. The maximum atomic E-state index is 12.9. The highest BCUT2D eigenvalue weighted by Gasteiger charge is 2.25. The minimum Gasteiger partial charge on any atom is -0.475 e. The van der Waals surface area contributed by atoms with Gasteiger partial charge >= 0.3 is 0 Å². The van der Waals surface area contributed by atoms with Gasteiger partial charge in [-0.25, -0.2) is 18.1 Å². The van der Waals surface area contributed by atoms with E-state index in [1.54, 1.807) is 30.6 Å². The van der Waals surface area contributed by atoms with Crippen molar-refractivity contribution in [3.63, 3.8) is 0 Å². The van der Waals surface area contributed by atoms with Crippen LogP contribution in [0.15, 0.2) is 52.5 Å². The maximum absolute atomic E-state index is 12.9. The van der Waals surface area contributed by atoms with E-state index in [2.05, 4.69) is 30.3 Å². The summed E-state index contributed by atoms with van der Waals surface area (Å²) >= 11 is 0.764. The van der Waals surface area contributed by atoms with E-state index in [1.165, 1.54) is 25.3 Å². The van der Waals surface area contributed by atoms with Crippen molar-refractivity contribution in [1.29, 1.82) is 0 Å². The number of nitrogens with zero attached hydrogens (tertiary/aromatic N) is 3. The van der Waals surface area contributed by atoms with E-state index in [4.69, 9.17) is 9.47 Å². The zero-order valence-electron chi connectivity index (χ0n) is 19.1. The molecule has 1 aromatic carbocycles. The Morgan fingerprint density at radius 1 is 1.14 bits per heavy atom. The van der Waals surface area contributed by atoms with Crippen LogP contribution in [0.25, 0.3) is 16.8 Å². The summed E-state index contributed by atoms with van der Waals surface area (Å²) in [5.41, 5.74) is 0.331. The molecule has 3 aromatic rings. The van der Waals surface area contributed by atoms with Crippen LogP contribution < -0.4 is 20.1 Å². The van der Waals surface area contributed by atoms with Crippen molar-refractivity contribution in [2.24, 2.45) is 0 Å². The minimum absolute atomic E-state index is 0.0467. The number of nitrogens with one attached hydrogen (secondary N) is 3. The summed E-state index contributed by atoms with van der Waals surface area (Å²) in [6, 6.07) is 8.15. The number of carbonyl (C=O) groups excluding carboxylic acids is 2. The highest BCUT2D eigenvalue weighted by Crippen LogP contribution is 2.26. The number of rotatable bonds is 11. The first kappa shape index (κ1) is 25.5. The molecule has 1 aliphatic heterocycles. The summed E-state index contributed by atoms with van der Waals surface area (Å²) in [5.74, 6) is -0.142. The lowest BCUT2D eigenvalue weighted by Gasteiger charge is -2.11. The number of thioether (sulfide) groups is 1. The Morgan fingerprint density at radius 3 is 2.78 bits per heavy atom. The standard InChI is InChI=1S/C22H22N6O6S2/c1-33-9-10-34-19-12-15(11-17-20(29)28-22(30)35-17)26-21(27-19)24-7-8-25-36(31,32)18-4-2-3-14-13-23-6-5-16(14)18/h2-6,11-13,25H,7-10H2,1H3,(H,24,26,27)(H,28,29,30)/b17-11+. The number of sulfonamides is 1. The molecule has 12 nitrogen and oxygen atoms in total. The number of hydrogen-bond acceptors (Lipinski definition) is 11. The average molecular weight is 531 g/mol. The Kier molecular flexibility index (Phi) is 8.10. The van der Waals surface area contributed by atoms with Gasteiger partial charge in [0.1, 0.15) is 6.61 Å². The molecular weight excluding hydrogens is 508 g/mol. The molecule has 2 amide bonds. The number of hydrogen-bond donors (Lipinski definition) is 3. The number of aromatic nitrogens is 3. The Morgan fingerprint density at radius 2 is 2.00 bits per heavy atom. The molecule has 188 valence electrons. The van der Waals surface area contributed by atoms with Crippen molar-refractivity contribution in [2.45, 2.75) is 4.90 Å². The van der Waals surface area contributed by atoms with E-state index in [-0.39, 0.29) is 41.3 Å².